The molecule has 0 aliphatic rings. The smallest absolute Gasteiger partial charge is 0.363 e. The lowest BCUT2D eigenvalue weighted by Crippen LogP contribution is -2.07. The highest BCUT2D eigenvalue weighted by Crippen LogP contribution is 2.20. The number of hydrogen-bond donors (Lipinski definition) is 1. The van der Waals surface area contributed by atoms with Crippen LogP contribution in [0.1, 0.15) is 10.5 Å². The van der Waals surface area contributed by atoms with Gasteiger partial charge in [0.2, 0.25) is 5.69 Å². The summed E-state index contributed by atoms with van der Waals surface area (Å²) in [5.41, 5.74) is -1.22. The Morgan fingerprint density at radius 3 is 2.76 bits per heavy atom. The first-order chi connectivity index (χ1) is 10.0. The number of aromatic carboxylic acids is 1. The lowest BCUT2D eigenvalue weighted by atomic mass is 10.3. The first-order valence-corrected chi connectivity index (χ1v) is 5.73. The number of benzene rings is 1. The van der Waals surface area contributed by atoms with E-state index < -0.39 is 22.3 Å². The van der Waals surface area contributed by atoms with E-state index in [9.17, 15) is 14.9 Å². The van der Waals surface area contributed by atoms with Gasteiger partial charge in [0.25, 0.3) is 0 Å². The molecule has 0 unspecified atom stereocenters. The number of carboxylic acids is 1. The fraction of sp³-hybridized carbons (Fsp3) is 0.167. The second-order valence-electron chi connectivity index (χ2n) is 3.92. The van der Waals surface area contributed by atoms with Crippen LogP contribution in [-0.2, 0) is 6.73 Å². The van der Waals surface area contributed by atoms with Crippen molar-refractivity contribution in [3.8, 4) is 11.5 Å². The summed E-state index contributed by atoms with van der Waals surface area (Å²) in [5, 5.41) is 23.2. The van der Waals surface area contributed by atoms with E-state index in [0.29, 0.717) is 11.5 Å². The van der Waals surface area contributed by atoms with Crippen molar-refractivity contribution >= 4 is 11.7 Å². The molecule has 2 aromatic rings. The quantitative estimate of drug-likeness (QED) is 0.634. The van der Waals surface area contributed by atoms with Gasteiger partial charge in [-0.15, -0.1) is 0 Å². The van der Waals surface area contributed by atoms with Crippen LogP contribution in [0.3, 0.4) is 0 Å². The Balaban J connectivity index is 2.14. The highest BCUT2D eigenvalue weighted by molar-refractivity contribution is 5.89. The van der Waals surface area contributed by atoms with E-state index in [1.54, 1.807) is 24.3 Å². The molecule has 1 N–H and O–H groups in total. The minimum atomic E-state index is -1.47. The lowest BCUT2D eigenvalue weighted by molar-refractivity contribution is -0.385. The van der Waals surface area contributed by atoms with Gasteiger partial charge in [0.1, 0.15) is 17.7 Å². The van der Waals surface area contributed by atoms with Crippen molar-refractivity contribution in [2.24, 2.45) is 0 Å². The number of nitro groups is 1. The maximum Gasteiger partial charge on any atom is 0.363 e. The summed E-state index contributed by atoms with van der Waals surface area (Å²) in [6.45, 7) is -0.165. The van der Waals surface area contributed by atoms with Crippen molar-refractivity contribution in [2.75, 3.05) is 7.11 Å². The van der Waals surface area contributed by atoms with Crippen LogP contribution in [0.4, 0.5) is 5.69 Å². The number of carboxylic acid groups (broad SMARTS) is 1. The Hall–Kier alpha value is -3.10. The standard InChI is InChI=1S/C12H11N3O6/c1-20-8-3-2-4-9(5-8)21-7-14-6-10(15(18)19)11(13-14)12(16)17/h2-6H,7H2,1H3,(H,16,17). The molecule has 0 saturated carbocycles. The third kappa shape index (κ3) is 3.26. The molecule has 0 radical (unpaired) electrons. The van der Waals surface area contributed by atoms with Gasteiger partial charge in [0.15, 0.2) is 6.73 Å². The molecular weight excluding hydrogens is 282 g/mol. The van der Waals surface area contributed by atoms with Crippen LogP contribution in [0, 0.1) is 10.1 Å². The number of aromatic nitrogens is 2. The normalized spacial score (nSPS) is 10.1. The van der Waals surface area contributed by atoms with Crippen LogP contribution in [0.15, 0.2) is 30.5 Å². The monoisotopic (exact) mass is 293 g/mol. The summed E-state index contributed by atoms with van der Waals surface area (Å²) in [6, 6.07) is 6.73. The van der Waals surface area contributed by atoms with Crippen LogP contribution < -0.4 is 9.47 Å². The highest BCUT2D eigenvalue weighted by Gasteiger charge is 2.25. The zero-order chi connectivity index (χ0) is 15.4. The third-order valence-electron chi connectivity index (χ3n) is 2.55. The number of nitrogens with zero attached hydrogens (tertiary/aromatic N) is 3. The van der Waals surface area contributed by atoms with Gasteiger partial charge < -0.3 is 14.6 Å². The second kappa shape index (κ2) is 5.90. The molecule has 9 heteroatoms. The summed E-state index contributed by atoms with van der Waals surface area (Å²) < 4.78 is 11.4. The number of rotatable bonds is 6. The van der Waals surface area contributed by atoms with Gasteiger partial charge in [-0.3, -0.25) is 10.1 Å². The number of ether oxygens (including phenoxy) is 2. The predicted octanol–water partition coefficient (Wildman–Crippen LogP) is 1.53. The molecule has 0 amide bonds. The summed E-state index contributed by atoms with van der Waals surface area (Å²) in [5.74, 6) is -0.420. The molecule has 0 atom stereocenters. The summed E-state index contributed by atoms with van der Waals surface area (Å²) in [6.07, 6.45) is 1.00. The summed E-state index contributed by atoms with van der Waals surface area (Å²) >= 11 is 0. The first kappa shape index (κ1) is 14.3. The van der Waals surface area contributed by atoms with Gasteiger partial charge in [-0.25, -0.2) is 9.48 Å². The van der Waals surface area contributed by atoms with Crippen LogP contribution >= 0.6 is 0 Å². The molecule has 0 aliphatic carbocycles. The lowest BCUT2D eigenvalue weighted by Gasteiger charge is -2.07. The Kier molecular flexibility index (Phi) is 4.02. The molecule has 0 bridgehead atoms. The van der Waals surface area contributed by atoms with Crippen LogP contribution in [-0.4, -0.2) is 32.9 Å². The molecule has 2 rings (SSSR count). The van der Waals surface area contributed by atoms with Crippen molar-refractivity contribution in [1.29, 1.82) is 0 Å². The second-order valence-corrected chi connectivity index (χ2v) is 3.92. The van der Waals surface area contributed by atoms with Gasteiger partial charge in [-0.2, -0.15) is 5.10 Å². The van der Waals surface area contributed by atoms with Crippen LogP contribution in [0.25, 0.3) is 0 Å². The van der Waals surface area contributed by atoms with Crippen molar-refractivity contribution < 1.29 is 24.3 Å². The zero-order valence-corrected chi connectivity index (χ0v) is 10.9. The summed E-state index contributed by atoms with van der Waals surface area (Å²) in [4.78, 5) is 20.8. The average Bonchev–Trinajstić information content (AvgIpc) is 2.90. The fourth-order valence-electron chi connectivity index (χ4n) is 1.59. The third-order valence-corrected chi connectivity index (χ3v) is 2.55. The van der Waals surface area contributed by atoms with Crippen molar-refractivity contribution in [3.05, 3.63) is 46.3 Å². The van der Waals surface area contributed by atoms with E-state index in [1.165, 1.54) is 7.11 Å². The van der Waals surface area contributed by atoms with Gasteiger partial charge in [0.05, 0.1) is 12.0 Å². The van der Waals surface area contributed by atoms with Crippen molar-refractivity contribution in [2.45, 2.75) is 6.73 Å². The Morgan fingerprint density at radius 2 is 2.19 bits per heavy atom. The fourth-order valence-corrected chi connectivity index (χ4v) is 1.59. The number of carbonyl (C=O) groups is 1. The predicted molar refractivity (Wildman–Crippen MR) is 69.5 cm³/mol. The first-order valence-electron chi connectivity index (χ1n) is 5.73. The topological polar surface area (TPSA) is 117 Å². The van der Waals surface area contributed by atoms with Gasteiger partial charge in [-0.05, 0) is 12.1 Å². The molecule has 1 aromatic heterocycles. The minimum absolute atomic E-state index is 0.165. The van der Waals surface area contributed by atoms with Crippen molar-refractivity contribution in [1.82, 2.24) is 9.78 Å². The van der Waals surface area contributed by atoms with E-state index in [1.807, 2.05) is 0 Å². The minimum Gasteiger partial charge on any atom is -0.497 e. The SMILES string of the molecule is COc1cccc(OCn2cc([N+](=O)[O-])c(C(=O)O)n2)c1. The molecule has 9 nitrogen and oxygen atoms in total. The molecule has 0 aliphatic heterocycles. The molecule has 0 spiro atoms. The highest BCUT2D eigenvalue weighted by atomic mass is 16.6. The van der Waals surface area contributed by atoms with Gasteiger partial charge >= 0.3 is 11.7 Å². The van der Waals surface area contributed by atoms with Crippen LogP contribution in [0.5, 0.6) is 11.5 Å². The molecule has 1 aromatic carbocycles. The average molecular weight is 293 g/mol. The largest absolute Gasteiger partial charge is 0.497 e. The molecule has 110 valence electrons. The Bertz CT molecular complexity index is 650. The zero-order valence-electron chi connectivity index (χ0n) is 10.9. The number of hydrogen-bond acceptors (Lipinski definition) is 6. The van der Waals surface area contributed by atoms with E-state index in [-0.39, 0.29) is 6.73 Å². The Morgan fingerprint density at radius 1 is 1.48 bits per heavy atom. The molecule has 0 fully saturated rings. The van der Waals surface area contributed by atoms with Crippen molar-refractivity contribution in [3.63, 3.8) is 0 Å². The van der Waals surface area contributed by atoms with E-state index in [2.05, 4.69) is 5.10 Å². The molecule has 0 saturated heterocycles. The Labute approximate surface area is 118 Å². The van der Waals surface area contributed by atoms with E-state index in [0.717, 1.165) is 10.9 Å². The molecule has 1 heterocycles. The number of methoxy groups -OCH3 is 1. The van der Waals surface area contributed by atoms with Gasteiger partial charge in [-0.1, -0.05) is 6.07 Å². The van der Waals surface area contributed by atoms with E-state index in [4.69, 9.17) is 14.6 Å². The van der Waals surface area contributed by atoms with E-state index >= 15 is 0 Å². The summed E-state index contributed by atoms with van der Waals surface area (Å²) in [7, 11) is 1.51. The maximum absolute atomic E-state index is 10.9. The molecule has 21 heavy (non-hydrogen) atoms. The van der Waals surface area contributed by atoms with Gasteiger partial charge in [0, 0.05) is 6.07 Å². The maximum atomic E-state index is 10.9. The van der Waals surface area contributed by atoms with Crippen LogP contribution in [0.2, 0.25) is 0 Å². The molecular formula is C12H11N3O6.